The van der Waals surface area contributed by atoms with Crippen molar-refractivity contribution in [2.45, 2.75) is 128 Å². The Morgan fingerprint density at radius 3 is 1.24 bits per heavy atom. The average molecular weight is 1550 g/mol. The molecule has 9 aromatic heterocycles. The molecule has 0 saturated heterocycles. The zero-order chi connectivity index (χ0) is 81.4. The minimum absolute atomic E-state index is 0.208. The lowest BCUT2D eigenvalue weighted by Crippen LogP contribution is -2.36. The van der Waals surface area contributed by atoms with E-state index in [4.69, 9.17) is 22.1 Å². The van der Waals surface area contributed by atoms with Crippen molar-refractivity contribution in [1.82, 2.24) is 34.6 Å². The SMILES string of the molecule is Cc1cc2oc3c(N4C=CN(C)[C@@H]4C)c(C)ccc3c2cn1.Cc1ccc2c(n1)oc1c(N3c4ccccc4N(C)[C@@H]3C)c(C)ccc12.Cc1ccc2c(oc3c(C)ccnc32)c1N1C=CN(C)[C@@H]1C.Cc1ccc2c(oc3c(C)nccc32)c1N1C=CN(C)[C@@H]1C.Cc1ccc2c(oc3ccccc32)c1N1c2ccccc2N(C)[C@@H]1C. The molecular weight excluding hydrogens is 1450 g/mol. The molecule has 0 saturated carbocycles. The Morgan fingerprint density at radius 1 is 0.291 bits per heavy atom. The highest BCUT2D eigenvalue weighted by Gasteiger charge is 2.37. The number of hydrogen-bond acceptors (Lipinski definition) is 19. The van der Waals surface area contributed by atoms with E-state index in [0.717, 1.165) is 145 Å². The van der Waals surface area contributed by atoms with Crippen molar-refractivity contribution in [1.29, 1.82) is 0 Å². The molecule has 590 valence electrons. The van der Waals surface area contributed by atoms with Gasteiger partial charge in [0.05, 0.1) is 56.9 Å². The van der Waals surface area contributed by atoms with Crippen molar-refractivity contribution >= 4 is 161 Å². The summed E-state index contributed by atoms with van der Waals surface area (Å²) in [6.07, 6.45) is 19.5. The lowest BCUT2D eigenvalue weighted by molar-refractivity contribution is 0.383. The molecule has 117 heavy (non-hydrogen) atoms. The van der Waals surface area contributed by atoms with Gasteiger partial charge in [-0.2, -0.15) is 0 Å². The van der Waals surface area contributed by atoms with Gasteiger partial charge in [-0.05, 0) is 191 Å². The van der Waals surface area contributed by atoms with Crippen LogP contribution in [0.4, 0.5) is 51.2 Å². The quantitative estimate of drug-likeness (QED) is 0.161. The van der Waals surface area contributed by atoms with E-state index in [-0.39, 0.29) is 30.8 Å². The molecule has 0 amide bonds. The van der Waals surface area contributed by atoms with Crippen molar-refractivity contribution in [2.24, 2.45) is 0 Å². The normalized spacial score (nSPS) is 17.5. The van der Waals surface area contributed by atoms with Crippen molar-refractivity contribution in [3.05, 3.63) is 270 Å². The minimum Gasteiger partial charge on any atom is -0.454 e. The maximum absolute atomic E-state index is 6.32. The summed E-state index contributed by atoms with van der Waals surface area (Å²) in [4.78, 5) is 40.6. The highest BCUT2D eigenvalue weighted by molar-refractivity contribution is 6.14. The third kappa shape index (κ3) is 12.4. The average Bonchev–Trinajstić information content (AvgIpc) is 1.61. The monoisotopic (exact) mass is 1550 g/mol. The lowest BCUT2D eigenvalue weighted by atomic mass is 10.1. The van der Waals surface area contributed by atoms with E-state index in [1.54, 1.807) is 0 Å². The molecule has 0 radical (unpaired) electrons. The fourth-order valence-corrected chi connectivity index (χ4v) is 17.5. The van der Waals surface area contributed by atoms with Crippen LogP contribution < -0.4 is 34.3 Å². The number of anilines is 9. The number of para-hydroxylation sites is 5. The van der Waals surface area contributed by atoms with E-state index in [2.05, 4.69) is 345 Å². The first-order valence-electron chi connectivity index (χ1n) is 40.3. The maximum Gasteiger partial charge on any atom is 0.227 e. The summed E-state index contributed by atoms with van der Waals surface area (Å²) < 4.78 is 31.3. The molecule has 0 unspecified atom stereocenters. The smallest absolute Gasteiger partial charge is 0.227 e. The topological polar surface area (TPSA) is 150 Å². The molecule has 8 aromatic carbocycles. The molecule has 5 aliphatic heterocycles. The second-order valence-corrected chi connectivity index (χ2v) is 32.0. The zero-order valence-corrected chi connectivity index (χ0v) is 70.0. The summed E-state index contributed by atoms with van der Waals surface area (Å²) in [5.74, 6) is 0. The van der Waals surface area contributed by atoms with Crippen LogP contribution in [0.5, 0.6) is 0 Å². The number of hydrogen-bond donors (Lipinski definition) is 0. The number of rotatable bonds is 5. The van der Waals surface area contributed by atoms with Crippen molar-refractivity contribution in [3.63, 3.8) is 0 Å². The second-order valence-electron chi connectivity index (χ2n) is 32.0. The van der Waals surface area contributed by atoms with Gasteiger partial charge in [-0.1, -0.05) is 97.1 Å². The summed E-state index contributed by atoms with van der Waals surface area (Å²) in [5, 5.41) is 10.1. The first kappa shape index (κ1) is 75.0. The number of furan rings is 5. The fourth-order valence-electron chi connectivity index (χ4n) is 17.5. The molecule has 22 rings (SSSR count). The van der Waals surface area contributed by atoms with Crippen LogP contribution in [0.3, 0.4) is 0 Å². The van der Waals surface area contributed by atoms with Crippen molar-refractivity contribution < 1.29 is 22.1 Å². The van der Waals surface area contributed by atoms with Crippen LogP contribution in [-0.4, -0.2) is 101 Å². The first-order chi connectivity index (χ1) is 56.4. The van der Waals surface area contributed by atoms with Gasteiger partial charge < -0.3 is 71.1 Å². The van der Waals surface area contributed by atoms with E-state index in [0.29, 0.717) is 5.71 Å². The predicted octanol–water partition coefficient (Wildman–Crippen LogP) is 23.9. The molecule has 0 aliphatic carbocycles. The Hall–Kier alpha value is -13.4. The standard InChI is InChI=1S/C22H21N3O.C22H20N2O.3C18H19N3O/c1-13-9-11-16-17-12-10-14(2)23-22(17)26-21(16)20(13)25-15(3)24(4)18-7-5-6-8-19(18)25;1-14-12-13-17-16-8-4-7-11-20(16)25-22(17)21(14)24-15(2)23(3)18-9-5-6-10-19(18)24;1-11-5-6-14-15-10-19-12(2)9-16(15)22-18(14)17(11)21-8-7-20(4)13(21)3;1-11-5-6-14-15-7-8-19-12(2)17(15)22-18(14)16(11)21-10-9-20(4)13(21)3;1-11-5-6-14-15-17(12(2)7-8-19-15)22-18(14)16(11)21-10-9-20(4)13(21)3/h5-12,15H,1-4H3;4-13,15H,1-3H3;3*5-10,13H,1-4H3/t2*15-;3*13-/m00000/s1. The third-order valence-corrected chi connectivity index (χ3v) is 24.7. The molecule has 14 heterocycles. The van der Waals surface area contributed by atoms with Crippen molar-refractivity contribution in [3.8, 4) is 0 Å². The highest BCUT2D eigenvalue weighted by Crippen LogP contribution is 2.51. The fraction of sp³-hybridized carbons (Fsp3) is 0.245. The Bertz CT molecular complexity index is 6750. The minimum atomic E-state index is 0.208. The predicted molar refractivity (Wildman–Crippen MR) is 482 cm³/mol. The summed E-state index contributed by atoms with van der Waals surface area (Å²) in [7, 11) is 10.5. The Balaban J connectivity index is 0.000000101. The number of aryl methyl sites for hydroxylation is 9. The van der Waals surface area contributed by atoms with Gasteiger partial charge >= 0.3 is 0 Å². The van der Waals surface area contributed by atoms with Crippen LogP contribution in [0.15, 0.2) is 242 Å². The van der Waals surface area contributed by atoms with E-state index >= 15 is 0 Å². The molecule has 0 spiro atoms. The van der Waals surface area contributed by atoms with Gasteiger partial charge in [-0.25, -0.2) is 4.98 Å². The third-order valence-electron chi connectivity index (χ3n) is 24.7. The van der Waals surface area contributed by atoms with Crippen LogP contribution in [0.1, 0.15) is 85.1 Å². The van der Waals surface area contributed by atoms with Crippen LogP contribution >= 0.6 is 0 Å². The summed E-state index contributed by atoms with van der Waals surface area (Å²) >= 11 is 0. The second kappa shape index (κ2) is 29.1. The van der Waals surface area contributed by atoms with Crippen molar-refractivity contribution in [2.75, 3.05) is 69.5 Å². The summed E-state index contributed by atoms with van der Waals surface area (Å²) in [5.41, 5.74) is 30.6. The summed E-state index contributed by atoms with van der Waals surface area (Å²) in [6, 6.07) is 57.1. The van der Waals surface area contributed by atoms with Gasteiger partial charge in [0.2, 0.25) is 5.71 Å². The Kier molecular flexibility index (Phi) is 18.7. The lowest BCUT2D eigenvalue weighted by Gasteiger charge is -2.29. The molecule has 0 N–H and O–H groups in total. The van der Waals surface area contributed by atoms with Crippen LogP contribution in [0.25, 0.3) is 110 Å². The number of fused-ring (bicyclic) bond motifs is 17. The van der Waals surface area contributed by atoms with Crippen LogP contribution in [-0.2, 0) is 0 Å². The largest absolute Gasteiger partial charge is 0.454 e. The zero-order valence-electron chi connectivity index (χ0n) is 70.0. The van der Waals surface area contributed by atoms with Crippen LogP contribution in [0.2, 0.25) is 0 Å². The van der Waals surface area contributed by atoms with Gasteiger partial charge in [0, 0.05) is 157 Å². The van der Waals surface area contributed by atoms with Crippen LogP contribution in [0, 0.1) is 62.3 Å². The van der Waals surface area contributed by atoms with E-state index in [1.165, 1.54) is 61.3 Å². The molecular formula is C98H98N14O5. The molecule has 19 nitrogen and oxygen atoms in total. The van der Waals surface area contributed by atoms with E-state index in [9.17, 15) is 0 Å². The Labute approximate surface area is 681 Å². The van der Waals surface area contributed by atoms with Gasteiger partial charge in [0.25, 0.3) is 0 Å². The first-order valence-corrected chi connectivity index (χ1v) is 40.3. The maximum atomic E-state index is 6.32. The molecule has 0 fully saturated rings. The highest BCUT2D eigenvalue weighted by atomic mass is 16.4. The molecule has 5 atom stereocenters. The van der Waals surface area contributed by atoms with Gasteiger partial charge in [-0.3, -0.25) is 15.0 Å². The Morgan fingerprint density at radius 2 is 0.701 bits per heavy atom. The summed E-state index contributed by atoms with van der Waals surface area (Å²) in [6.45, 7) is 29.7. The molecule has 0 bridgehead atoms. The molecule has 19 heteroatoms. The number of aromatic nitrogens is 4. The number of pyridine rings is 4. The van der Waals surface area contributed by atoms with E-state index < -0.39 is 0 Å². The molecule has 5 aliphatic rings. The molecule has 17 aromatic rings. The van der Waals surface area contributed by atoms with Gasteiger partial charge in [0.1, 0.15) is 47.5 Å². The van der Waals surface area contributed by atoms with Gasteiger partial charge in [0.15, 0.2) is 39.1 Å². The van der Waals surface area contributed by atoms with Gasteiger partial charge in [-0.15, -0.1) is 0 Å². The number of benzene rings is 8. The van der Waals surface area contributed by atoms with E-state index in [1.807, 2.05) is 75.8 Å². The number of nitrogens with zero attached hydrogens (tertiary/aromatic N) is 14.